The molecule has 4 aromatic rings. The number of ether oxygens (including phenoxy) is 1. The SMILES string of the molecule is O=c1n(CCc2ncccc2Br)nc2ccc(-c3ccc(OC(F)(F)F)cc3)cn12. The second kappa shape index (κ2) is 7.94. The van der Waals surface area contributed by atoms with Crippen LogP contribution in [0.4, 0.5) is 13.2 Å². The van der Waals surface area contributed by atoms with Crippen molar-refractivity contribution in [2.75, 3.05) is 0 Å². The number of aromatic nitrogens is 4. The number of nitrogens with zero attached hydrogens (tertiary/aromatic N) is 4. The zero-order valence-electron chi connectivity index (χ0n) is 15.3. The van der Waals surface area contributed by atoms with Crippen molar-refractivity contribution in [3.8, 4) is 16.9 Å². The van der Waals surface area contributed by atoms with Crippen LogP contribution < -0.4 is 10.4 Å². The molecule has 0 spiro atoms. The van der Waals surface area contributed by atoms with E-state index in [2.05, 4.69) is 30.7 Å². The van der Waals surface area contributed by atoms with Gasteiger partial charge in [-0.1, -0.05) is 12.1 Å². The predicted octanol–water partition coefficient (Wildman–Crippen LogP) is 4.46. The van der Waals surface area contributed by atoms with Gasteiger partial charge >= 0.3 is 12.1 Å². The normalized spacial score (nSPS) is 11.7. The lowest BCUT2D eigenvalue weighted by molar-refractivity contribution is -0.274. The van der Waals surface area contributed by atoms with Gasteiger partial charge in [-0.25, -0.2) is 13.9 Å². The van der Waals surface area contributed by atoms with Gasteiger partial charge in [0.2, 0.25) is 0 Å². The monoisotopic (exact) mass is 478 g/mol. The van der Waals surface area contributed by atoms with Crippen LogP contribution in [0.25, 0.3) is 16.8 Å². The molecule has 0 atom stereocenters. The van der Waals surface area contributed by atoms with E-state index in [-0.39, 0.29) is 11.4 Å². The average Bonchev–Trinajstić information content (AvgIpc) is 3.02. The van der Waals surface area contributed by atoms with Crippen molar-refractivity contribution in [1.29, 1.82) is 0 Å². The van der Waals surface area contributed by atoms with Crippen molar-refractivity contribution >= 4 is 21.6 Å². The summed E-state index contributed by atoms with van der Waals surface area (Å²) in [5.41, 5.74) is 2.29. The molecule has 3 heterocycles. The maximum atomic E-state index is 12.7. The molecule has 10 heteroatoms. The zero-order chi connectivity index (χ0) is 21.3. The summed E-state index contributed by atoms with van der Waals surface area (Å²) in [6, 6.07) is 12.6. The Bertz CT molecular complexity index is 1250. The number of aryl methyl sites for hydroxylation is 2. The standard InChI is InChI=1S/C20H14BrF3N4O2/c21-16-2-1-10-25-17(16)9-11-28-19(29)27-12-14(5-8-18(27)26-28)13-3-6-15(7-4-13)30-20(22,23)24/h1-8,10,12H,9,11H2. The summed E-state index contributed by atoms with van der Waals surface area (Å²) in [6.07, 6.45) is -0.923. The van der Waals surface area contributed by atoms with E-state index in [0.717, 1.165) is 10.2 Å². The molecule has 0 N–H and O–H groups in total. The van der Waals surface area contributed by atoms with E-state index >= 15 is 0 Å². The van der Waals surface area contributed by atoms with Gasteiger partial charge in [0.25, 0.3) is 0 Å². The first-order chi connectivity index (χ1) is 14.3. The third kappa shape index (κ3) is 4.38. The van der Waals surface area contributed by atoms with Gasteiger partial charge in [0.15, 0.2) is 5.65 Å². The lowest BCUT2D eigenvalue weighted by Gasteiger charge is -2.09. The van der Waals surface area contributed by atoms with Crippen molar-refractivity contribution in [3.63, 3.8) is 0 Å². The van der Waals surface area contributed by atoms with Crippen LogP contribution in [0.1, 0.15) is 5.69 Å². The van der Waals surface area contributed by atoms with Crippen LogP contribution in [-0.4, -0.2) is 25.5 Å². The number of rotatable bonds is 5. The minimum Gasteiger partial charge on any atom is -0.406 e. The molecular weight excluding hydrogens is 465 g/mol. The fraction of sp³-hybridized carbons (Fsp3) is 0.150. The number of halogens is 4. The van der Waals surface area contributed by atoms with Gasteiger partial charge in [0.05, 0.1) is 12.2 Å². The Morgan fingerprint density at radius 1 is 1.03 bits per heavy atom. The highest BCUT2D eigenvalue weighted by molar-refractivity contribution is 9.10. The summed E-state index contributed by atoms with van der Waals surface area (Å²) in [7, 11) is 0. The van der Waals surface area contributed by atoms with E-state index in [1.54, 1.807) is 24.5 Å². The van der Waals surface area contributed by atoms with Gasteiger partial charge in [-0.05, 0) is 63.5 Å². The number of benzene rings is 1. The number of pyridine rings is 2. The third-order valence-electron chi connectivity index (χ3n) is 4.39. The molecule has 0 saturated heterocycles. The lowest BCUT2D eigenvalue weighted by atomic mass is 10.1. The first-order valence-electron chi connectivity index (χ1n) is 8.85. The molecule has 0 fully saturated rings. The van der Waals surface area contributed by atoms with Gasteiger partial charge in [0.1, 0.15) is 5.75 Å². The van der Waals surface area contributed by atoms with E-state index in [4.69, 9.17) is 0 Å². The second-order valence-corrected chi connectivity index (χ2v) is 7.26. The van der Waals surface area contributed by atoms with Crippen LogP contribution in [0.3, 0.4) is 0 Å². The van der Waals surface area contributed by atoms with Crippen LogP contribution in [0.5, 0.6) is 5.75 Å². The van der Waals surface area contributed by atoms with Crippen LogP contribution in [0, 0.1) is 0 Å². The van der Waals surface area contributed by atoms with Gasteiger partial charge in [0, 0.05) is 23.3 Å². The molecule has 30 heavy (non-hydrogen) atoms. The largest absolute Gasteiger partial charge is 0.573 e. The summed E-state index contributed by atoms with van der Waals surface area (Å²) >= 11 is 3.43. The van der Waals surface area contributed by atoms with Crippen LogP contribution in [0.15, 0.2) is 70.2 Å². The average molecular weight is 479 g/mol. The quantitative estimate of drug-likeness (QED) is 0.424. The topological polar surface area (TPSA) is 61.4 Å². The van der Waals surface area contributed by atoms with Gasteiger partial charge < -0.3 is 4.74 Å². The Hall–Kier alpha value is -3.14. The summed E-state index contributed by atoms with van der Waals surface area (Å²) in [5, 5.41) is 4.33. The molecule has 0 unspecified atom stereocenters. The van der Waals surface area contributed by atoms with Gasteiger partial charge in [-0.2, -0.15) is 0 Å². The zero-order valence-corrected chi connectivity index (χ0v) is 16.9. The highest BCUT2D eigenvalue weighted by Gasteiger charge is 2.30. The van der Waals surface area contributed by atoms with E-state index in [9.17, 15) is 18.0 Å². The Morgan fingerprint density at radius 3 is 2.47 bits per heavy atom. The third-order valence-corrected chi connectivity index (χ3v) is 5.12. The van der Waals surface area contributed by atoms with Crippen LogP contribution >= 0.6 is 15.9 Å². The summed E-state index contributed by atoms with van der Waals surface area (Å²) in [6.45, 7) is 0.356. The van der Waals surface area contributed by atoms with E-state index in [1.807, 2.05) is 12.1 Å². The lowest BCUT2D eigenvalue weighted by Crippen LogP contribution is -2.22. The van der Waals surface area contributed by atoms with Crippen molar-refractivity contribution in [3.05, 3.63) is 81.6 Å². The fourth-order valence-electron chi connectivity index (χ4n) is 3.00. The number of hydrogen-bond donors (Lipinski definition) is 0. The molecule has 0 aliphatic rings. The Morgan fingerprint density at radius 2 is 1.77 bits per heavy atom. The molecule has 0 aliphatic heterocycles. The van der Waals surface area contributed by atoms with Crippen LogP contribution in [0.2, 0.25) is 0 Å². The van der Waals surface area contributed by atoms with Crippen molar-refractivity contribution in [2.24, 2.45) is 0 Å². The molecule has 0 aliphatic carbocycles. The molecule has 0 bridgehead atoms. The smallest absolute Gasteiger partial charge is 0.406 e. The van der Waals surface area contributed by atoms with Crippen molar-refractivity contribution in [1.82, 2.24) is 19.2 Å². The molecule has 154 valence electrons. The molecular formula is C20H14BrF3N4O2. The maximum Gasteiger partial charge on any atom is 0.573 e. The van der Waals surface area contributed by atoms with E-state index < -0.39 is 6.36 Å². The first-order valence-corrected chi connectivity index (χ1v) is 9.64. The summed E-state index contributed by atoms with van der Waals surface area (Å²) in [5.74, 6) is -0.307. The van der Waals surface area contributed by atoms with Crippen LogP contribution in [-0.2, 0) is 13.0 Å². The number of alkyl halides is 3. The molecule has 4 rings (SSSR count). The molecule has 6 nitrogen and oxygen atoms in total. The Kier molecular flexibility index (Phi) is 5.33. The fourth-order valence-corrected chi connectivity index (χ4v) is 3.45. The predicted molar refractivity (Wildman–Crippen MR) is 107 cm³/mol. The number of fused-ring (bicyclic) bond motifs is 1. The Labute approximate surface area is 176 Å². The number of hydrogen-bond acceptors (Lipinski definition) is 4. The van der Waals surface area contributed by atoms with Crippen molar-refractivity contribution in [2.45, 2.75) is 19.3 Å². The van der Waals surface area contributed by atoms with Gasteiger partial charge in [-0.3, -0.25) is 4.98 Å². The highest BCUT2D eigenvalue weighted by Crippen LogP contribution is 2.26. The highest BCUT2D eigenvalue weighted by atomic mass is 79.9. The van der Waals surface area contributed by atoms with Gasteiger partial charge in [-0.15, -0.1) is 18.3 Å². The Balaban J connectivity index is 1.58. The minimum absolute atomic E-state index is 0.307. The summed E-state index contributed by atoms with van der Waals surface area (Å²) in [4.78, 5) is 17.0. The molecule has 0 saturated carbocycles. The maximum absolute atomic E-state index is 12.7. The van der Waals surface area contributed by atoms with Crippen molar-refractivity contribution < 1.29 is 17.9 Å². The molecule has 0 radical (unpaired) electrons. The summed E-state index contributed by atoms with van der Waals surface area (Å²) < 4.78 is 44.4. The van der Waals surface area contributed by atoms with E-state index in [1.165, 1.54) is 33.3 Å². The molecule has 3 aromatic heterocycles. The molecule has 1 aromatic carbocycles. The minimum atomic E-state index is -4.74. The van der Waals surface area contributed by atoms with E-state index in [0.29, 0.717) is 29.7 Å². The molecule has 0 amide bonds. The second-order valence-electron chi connectivity index (χ2n) is 6.41. The first kappa shape index (κ1) is 20.1.